The van der Waals surface area contributed by atoms with Crippen LogP contribution in [0.2, 0.25) is 0 Å². The minimum Gasteiger partial charge on any atom is -0.350 e. The van der Waals surface area contributed by atoms with E-state index in [4.69, 9.17) is 5.73 Å². The van der Waals surface area contributed by atoms with E-state index in [2.05, 4.69) is 5.32 Å². The van der Waals surface area contributed by atoms with Gasteiger partial charge < -0.3 is 16.0 Å². The Morgan fingerprint density at radius 3 is 2.14 bits per heavy atom. The van der Waals surface area contributed by atoms with Crippen LogP contribution in [-0.2, 0) is 15.1 Å². The van der Waals surface area contributed by atoms with Gasteiger partial charge in [0.25, 0.3) is 0 Å². The number of carbonyl (C=O) groups excluding carboxylic acids is 2. The predicted octanol–water partition coefficient (Wildman–Crippen LogP) is 1.23. The fourth-order valence-electron chi connectivity index (χ4n) is 2.05. The molecule has 116 valence electrons. The molecule has 1 atom stereocenters. The molecule has 0 radical (unpaired) electrons. The van der Waals surface area contributed by atoms with Crippen LogP contribution < -0.4 is 11.1 Å². The van der Waals surface area contributed by atoms with Gasteiger partial charge in [0.15, 0.2) is 0 Å². The van der Waals surface area contributed by atoms with E-state index < -0.39 is 5.54 Å². The number of benzene rings is 1. The van der Waals surface area contributed by atoms with Crippen molar-refractivity contribution >= 4 is 11.8 Å². The number of hydrogen-bond donors (Lipinski definition) is 2. The van der Waals surface area contributed by atoms with Gasteiger partial charge in [0.1, 0.15) is 5.54 Å². The SMILES string of the molecule is CN(CC(=O)NC(C)(C)C)C(=O)C(C)(N)c1ccccc1. The lowest BCUT2D eigenvalue weighted by molar-refractivity contribution is -0.139. The van der Waals surface area contributed by atoms with Crippen molar-refractivity contribution in [3.8, 4) is 0 Å². The van der Waals surface area contributed by atoms with E-state index in [-0.39, 0.29) is 23.9 Å². The van der Waals surface area contributed by atoms with E-state index in [1.54, 1.807) is 26.1 Å². The van der Waals surface area contributed by atoms with Gasteiger partial charge in [0.05, 0.1) is 6.54 Å². The Morgan fingerprint density at radius 2 is 1.67 bits per heavy atom. The Hall–Kier alpha value is -1.88. The topological polar surface area (TPSA) is 75.4 Å². The molecule has 0 spiro atoms. The van der Waals surface area contributed by atoms with Crippen molar-refractivity contribution in [1.82, 2.24) is 10.2 Å². The van der Waals surface area contributed by atoms with E-state index in [1.807, 2.05) is 39.0 Å². The molecule has 5 nitrogen and oxygen atoms in total. The van der Waals surface area contributed by atoms with Crippen LogP contribution in [0.4, 0.5) is 0 Å². The highest BCUT2D eigenvalue weighted by Gasteiger charge is 2.33. The molecule has 0 heterocycles. The molecule has 21 heavy (non-hydrogen) atoms. The number of rotatable bonds is 4. The van der Waals surface area contributed by atoms with Crippen LogP contribution in [0.1, 0.15) is 33.3 Å². The maximum atomic E-state index is 12.5. The molecule has 5 heteroatoms. The molecule has 0 aromatic heterocycles. The molecule has 0 bridgehead atoms. The van der Waals surface area contributed by atoms with Crippen molar-refractivity contribution in [2.75, 3.05) is 13.6 Å². The van der Waals surface area contributed by atoms with Crippen LogP contribution >= 0.6 is 0 Å². The van der Waals surface area contributed by atoms with Crippen LogP contribution in [0, 0.1) is 0 Å². The lowest BCUT2D eigenvalue weighted by atomic mass is 9.92. The molecule has 2 amide bonds. The van der Waals surface area contributed by atoms with Gasteiger partial charge in [-0.3, -0.25) is 9.59 Å². The van der Waals surface area contributed by atoms with Crippen molar-refractivity contribution in [3.05, 3.63) is 35.9 Å². The van der Waals surface area contributed by atoms with E-state index in [1.165, 1.54) is 4.90 Å². The third kappa shape index (κ3) is 4.86. The van der Waals surface area contributed by atoms with Gasteiger partial charge in [0, 0.05) is 12.6 Å². The molecule has 0 saturated carbocycles. The van der Waals surface area contributed by atoms with Gasteiger partial charge in [-0.25, -0.2) is 0 Å². The Balaban J connectivity index is 2.76. The third-order valence-corrected chi connectivity index (χ3v) is 3.06. The minimum atomic E-state index is -1.15. The van der Waals surface area contributed by atoms with Gasteiger partial charge in [-0.15, -0.1) is 0 Å². The number of nitrogens with two attached hydrogens (primary N) is 1. The number of hydrogen-bond acceptors (Lipinski definition) is 3. The lowest BCUT2D eigenvalue weighted by Crippen LogP contribution is -2.53. The first-order valence-corrected chi connectivity index (χ1v) is 6.95. The van der Waals surface area contributed by atoms with Crippen molar-refractivity contribution in [2.45, 2.75) is 38.8 Å². The predicted molar refractivity (Wildman–Crippen MR) is 83.5 cm³/mol. The zero-order valence-corrected chi connectivity index (χ0v) is 13.4. The average Bonchev–Trinajstić information content (AvgIpc) is 2.36. The minimum absolute atomic E-state index is 0.0181. The van der Waals surface area contributed by atoms with Crippen molar-refractivity contribution in [3.63, 3.8) is 0 Å². The number of nitrogens with zero attached hydrogens (tertiary/aromatic N) is 1. The number of amides is 2. The number of carbonyl (C=O) groups is 2. The molecule has 0 aliphatic carbocycles. The summed E-state index contributed by atoms with van der Waals surface area (Å²) >= 11 is 0. The molecule has 0 aliphatic heterocycles. The molecular weight excluding hydrogens is 266 g/mol. The van der Waals surface area contributed by atoms with E-state index in [0.29, 0.717) is 0 Å². The highest BCUT2D eigenvalue weighted by atomic mass is 16.2. The summed E-state index contributed by atoms with van der Waals surface area (Å²) in [6, 6.07) is 9.15. The van der Waals surface area contributed by atoms with E-state index in [9.17, 15) is 9.59 Å². The fraction of sp³-hybridized carbons (Fsp3) is 0.500. The van der Waals surface area contributed by atoms with E-state index in [0.717, 1.165) is 5.56 Å². The molecule has 1 rings (SSSR count). The summed E-state index contributed by atoms with van der Waals surface area (Å²) in [6.07, 6.45) is 0. The summed E-state index contributed by atoms with van der Waals surface area (Å²) in [4.78, 5) is 25.7. The van der Waals surface area contributed by atoms with Crippen molar-refractivity contribution < 1.29 is 9.59 Å². The maximum Gasteiger partial charge on any atom is 0.247 e. The Labute approximate surface area is 126 Å². The normalized spacial score (nSPS) is 14.2. The Morgan fingerprint density at radius 1 is 1.14 bits per heavy atom. The summed E-state index contributed by atoms with van der Waals surface area (Å²) in [7, 11) is 1.58. The van der Waals surface area contributed by atoms with Crippen LogP contribution in [-0.4, -0.2) is 35.8 Å². The molecule has 1 aromatic carbocycles. The second-order valence-corrected chi connectivity index (χ2v) is 6.53. The van der Waals surface area contributed by atoms with Gasteiger partial charge in [0.2, 0.25) is 11.8 Å². The highest BCUT2D eigenvalue weighted by Crippen LogP contribution is 2.19. The molecule has 3 N–H and O–H groups in total. The van der Waals surface area contributed by atoms with Gasteiger partial charge >= 0.3 is 0 Å². The monoisotopic (exact) mass is 291 g/mol. The van der Waals surface area contributed by atoms with E-state index >= 15 is 0 Å². The second-order valence-electron chi connectivity index (χ2n) is 6.53. The smallest absolute Gasteiger partial charge is 0.247 e. The van der Waals surface area contributed by atoms with Crippen molar-refractivity contribution in [1.29, 1.82) is 0 Å². The van der Waals surface area contributed by atoms with Crippen molar-refractivity contribution in [2.24, 2.45) is 5.73 Å². The second kappa shape index (κ2) is 6.26. The number of likely N-dealkylation sites (N-methyl/N-ethyl adjacent to an activating group) is 1. The third-order valence-electron chi connectivity index (χ3n) is 3.06. The molecule has 0 aliphatic rings. The largest absolute Gasteiger partial charge is 0.350 e. The number of nitrogens with one attached hydrogen (secondary N) is 1. The summed E-state index contributed by atoms with van der Waals surface area (Å²) in [6.45, 7) is 7.32. The molecular formula is C16H25N3O2. The maximum absolute atomic E-state index is 12.5. The lowest BCUT2D eigenvalue weighted by Gasteiger charge is -2.30. The first-order chi connectivity index (χ1) is 9.54. The molecule has 1 unspecified atom stereocenters. The fourth-order valence-corrected chi connectivity index (χ4v) is 2.05. The van der Waals surface area contributed by atoms with Gasteiger partial charge in [-0.05, 0) is 33.3 Å². The molecule has 0 fully saturated rings. The van der Waals surface area contributed by atoms with Crippen LogP contribution in [0.5, 0.6) is 0 Å². The Bertz CT molecular complexity index is 504. The highest BCUT2D eigenvalue weighted by molar-refractivity contribution is 5.90. The summed E-state index contributed by atoms with van der Waals surface area (Å²) in [5.41, 5.74) is 5.40. The molecule has 0 saturated heterocycles. The Kier molecular flexibility index (Phi) is 5.12. The molecule has 1 aromatic rings. The summed E-state index contributed by atoms with van der Waals surface area (Å²) in [5.74, 6) is -0.500. The van der Waals surface area contributed by atoms with Gasteiger partial charge in [-0.2, -0.15) is 0 Å². The van der Waals surface area contributed by atoms with Crippen LogP contribution in [0.15, 0.2) is 30.3 Å². The van der Waals surface area contributed by atoms with Gasteiger partial charge in [-0.1, -0.05) is 30.3 Å². The summed E-state index contributed by atoms with van der Waals surface area (Å²) < 4.78 is 0. The average molecular weight is 291 g/mol. The summed E-state index contributed by atoms with van der Waals surface area (Å²) in [5, 5.41) is 2.82. The van der Waals surface area contributed by atoms with Crippen LogP contribution in [0.25, 0.3) is 0 Å². The zero-order chi connectivity index (χ0) is 16.3. The zero-order valence-electron chi connectivity index (χ0n) is 13.4. The quantitative estimate of drug-likeness (QED) is 0.876. The first-order valence-electron chi connectivity index (χ1n) is 6.95. The van der Waals surface area contributed by atoms with Crippen LogP contribution in [0.3, 0.4) is 0 Å². The standard InChI is InChI=1S/C16H25N3O2/c1-15(2,3)18-13(20)11-19(5)14(21)16(4,17)12-9-7-6-8-10-12/h6-10H,11,17H2,1-5H3,(H,18,20). The first kappa shape index (κ1) is 17.2.